The third-order valence-electron chi connectivity index (χ3n) is 2.47. The Kier molecular flexibility index (Phi) is 5.66. The third-order valence-corrected chi connectivity index (χ3v) is 2.47. The minimum atomic E-state index is -5.11. The molecule has 0 aromatic rings. The maximum absolute atomic E-state index is 12.5. The average Bonchev–Trinajstić information content (AvgIpc) is 2.19. The molecule has 0 aliphatic rings. The van der Waals surface area contributed by atoms with E-state index in [2.05, 4.69) is 0 Å². The Labute approximate surface area is 106 Å². The highest BCUT2D eigenvalue weighted by atomic mass is 19.4. The molecule has 114 valence electrons. The summed E-state index contributed by atoms with van der Waals surface area (Å²) in [6.07, 6.45) is -9.28. The van der Waals surface area contributed by atoms with Gasteiger partial charge in [-0.15, -0.1) is 0 Å². The number of carbonyl (C=O) groups is 1. The summed E-state index contributed by atoms with van der Waals surface area (Å²) in [5.74, 6) is -1.77. The fourth-order valence-electron chi connectivity index (χ4n) is 1.27. The van der Waals surface area contributed by atoms with Gasteiger partial charge in [-0.3, -0.25) is 4.79 Å². The van der Waals surface area contributed by atoms with Crippen molar-refractivity contribution >= 4 is 5.91 Å². The van der Waals surface area contributed by atoms with Crippen LogP contribution < -0.4 is 5.73 Å². The lowest BCUT2D eigenvalue weighted by Crippen LogP contribution is -2.63. The predicted octanol–water partition coefficient (Wildman–Crippen LogP) is 2.46. The Morgan fingerprint density at radius 1 is 1.16 bits per heavy atom. The van der Waals surface area contributed by atoms with Crippen LogP contribution in [0.4, 0.5) is 26.3 Å². The van der Waals surface area contributed by atoms with Crippen LogP contribution in [0.25, 0.3) is 0 Å². The molecule has 0 fully saturated rings. The van der Waals surface area contributed by atoms with Crippen LogP contribution in [-0.4, -0.2) is 41.8 Å². The Hall–Kier alpha value is -0.990. The first kappa shape index (κ1) is 18.0. The molecule has 0 saturated heterocycles. The predicted molar refractivity (Wildman–Crippen MR) is 56.2 cm³/mol. The number of hydrogen-bond acceptors (Lipinski definition) is 2. The molecule has 1 unspecified atom stereocenters. The number of amides is 1. The number of alkyl halides is 6. The van der Waals surface area contributed by atoms with Gasteiger partial charge in [0.15, 0.2) is 5.54 Å². The topological polar surface area (TPSA) is 46.3 Å². The van der Waals surface area contributed by atoms with Gasteiger partial charge in [-0.2, -0.15) is 26.3 Å². The molecular weight excluding hydrogens is 278 g/mol. The van der Waals surface area contributed by atoms with Crippen molar-refractivity contribution in [2.75, 3.05) is 13.1 Å². The Bertz CT molecular complexity index is 310. The molecule has 0 aromatic carbocycles. The van der Waals surface area contributed by atoms with Crippen molar-refractivity contribution < 1.29 is 31.1 Å². The van der Waals surface area contributed by atoms with Crippen LogP contribution in [0.2, 0.25) is 0 Å². The van der Waals surface area contributed by atoms with E-state index in [0.29, 0.717) is 13.3 Å². The quantitative estimate of drug-likeness (QED) is 0.792. The summed E-state index contributed by atoms with van der Waals surface area (Å²) in [4.78, 5) is 11.7. The first-order chi connectivity index (χ1) is 8.33. The van der Waals surface area contributed by atoms with E-state index < -0.39 is 36.9 Å². The zero-order chi connectivity index (χ0) is 15.5. The van der Waals surface area contributed by atoms with Gasteiger partial charge in [0.2, 0.25) is 0 Å². The second-order valence-corrected chi connectivity index (χ2v) is 4.40. The van der Waals surface area contributed by atoms with Crippen molar-refractivity contribution in [3.05, 3.63) is 0 Å². The van der Waals surface area contributed by atoms with Crippen molar-refractivity contribution in [1.82, 2.24) is 4.90 Å². The Balaban J connectivity index is 5.10. The molecule has 19 heavy (non-hydrogen) atoms. The number of hydrogen-bond donors (Lipinski definition) is 1. The number of nitrogens with zero attached hydrogens (tertiary/aromatic N) is 1. The zero-order valence-corrected chi connectivity index (χ0v) is 10.5. The van der Waals surface area contributed by atoms with Crippen LogP contribution in [0.3, 0.4) is 0 Å². The molecule has 0 spiro atoms. The van der Waals surface area contributed by atoms with Crippen molar-refractivity contribution in [3.63, 3.8) is 0 Å². The second-order valence-electron chi connectivity index (χ2n) is 4.40. The van der Waals surface area contributed by atoms with Crippen molar-refractivity contribution in [3.8, 4) is 0 Å². The minimum Gasteiger partial charge on any atom is -0.332 e. The first-order valence-corrected chi connectivity index (χ1v) is 5.54. The summed E-state index contributed by atoms with van der Waals surface area (Å²) in [7, 11) is 0. The molecular formula is C10H16F6N2O. The summed E-state index contributed by atoms with van der Waals surface area (Å²) in [6.45, 7) is -0.154. The van der Waals surface area contributed by atoms with E-state index in [9.17, 15) is 31.1 Å². The van der Waals surface area contributed by atoms with E-state index in [1.165, 1.54) is 0 Å². The van der Waals surface area contributed by atoms with E-state index in [-0.39, 0.29) is 11.3 Å². The van der Waals surface area contributed by atoms with Crippen molar-refractivity contribution in [1.29, 1.82) is 0 Å². The van der Waals surface area contributed by atoms with Gasteiger partial charge in [-0.05, 0) is 13.3 Å². The molecule has 0 aromatic heterocycles. The number of nitrogens with two attached hydrogens (primary N) is 1. The average molecular weight is 294 g/mol. The number of unbranched alkanes of at least 4 members (excludes halogenated alkanes) is 1. The maximum atomic E-state index is 12.5. The lowest BCUT2D eigenvalue weighted by Gasteiger charge is -2.33. The van der Waals surface area contributed by atoms with Gasteiger partial charge in [-0.25, -0.2) is 0 Å². The summed E-state index contributed by atoms with van der Waals surface area (Å²) < 4.78 is 74.4. The highest BCUT2D eigenvalue weighted by Crippen LogP contribution is 2.30. The Morgan fingerprint density at radius 3 is 1.95 bits per heavy atom. The summed E-state index contributed by atoms with van der Waals surface area (Å²) in [5, 5.41) is 0. The zero-order valence-electron chi connectivity index (χ0n) is 10.5. The van der Waals surface area contributed by atoms with E-state index in [1.54, 1.807) is 6.92 Å². The molecule has 1 atom stereocenters. The van der Waals surface area contributed by atoms with Crippen LogP contribution in [0.15, 0.2) is 0 Å². The van der Waals surface area contributed by atoms with Gasteiger partial charge >= 0.3 is 12.4 Å². The normalized spacial score (nSPS) is 16.1. The summed E-state index contributed by atoms with van der Waals surface area (Å²) in [6, 6.07) is 0. The first-order valence-electron chi connectivity index (χ1n) is 5.54. The molecule has 0 radical (unpaired) electrons. The molecule has 0 bridgehead atoms. The van der Waals surface area contributed by atoms with Gasteiger partial charge in [0, 0.05) is 6.54 Å². The standard InChI is InChI=1S/C10H16F6N2O/c1-3-4-5-18(6-9(11,12)13)7(19)8(2,17)10(14,15)16/h3-6,17H2,1-2H3. The van der Waals surface area contributed by atoms with Crippen molar-refractivity contribution in [2.24, 2.45) is 5.73 Å². The molecule has 0 heterocycles. The second kappa shape index (κ2) is 5.98. The van der Waals surface area contributed by atoms with Crippen LogP contribution >= 0.6 is 0 Å². The number of rotatable bonds is 5. The van der Waals surface area contributed by atoms with Gasteiger partial charge in [0.25, 0.3) is 5.91 Å². The van der Waals surface area contributed by atoms with Gasteiger partial charge in [0.1, 0.15) is 6.54 Å². The van der Waals surface area contributed by atoms with Crippen molar-refractivity contribution in [2.45, 2.75) is 44.6 Å². The lowest BCUT2D eigenvalue weighted by atomic mass is 10.0. The number of carbonyl (C=O) groups excluding carboxylic acids is 1. The van der Waals surface area contributed by atoms with E-state index in [1.807, 2.05) is 0 Å². The van der Waals surface area contributed by atoms with Crippen LogP contribution in [0.5, 0.6) is 0 Å². The molecule has 0 saturated carbocycles. The minimum absolute atomic E-state index is 0.108. The third kappa shape index (κ3) is 5.25. The largest absolute Gasteiger partial charge is 0.415 e. The molecule has 0 aliphatic heterocycles. The van der Waals surface area contributed by atoms with Crippen LogP contribution in [0, 0.1) is 0 Å². The van der Waals surface area contributed by atoms with E-state index >= 15 is 0 Å². The fourth-order valence-corrected chi connectivity index (χ4v) is 1.27. The Morgan fingerprint density at radius 2 is 1.63 bits per heavy atom. The SMILES string of the molecule is CCCCN(CC(F)(F)F)C(=O)C(C)(N)C(F)(F)F. The molecule has 1 amide bonds. The molecule has 0 rings (SSSR count). The molecule has 9 heteroatoms. The monoisotopic (exact) mass is 294 g/mol. The molecule has 0 aliphatic carbocycles. The maximum Gasteiger partial charge on any atom is 0.415 e. The van der Waals surface area contributed by atoms with Crippen LogP contribution in [0.1, 0.15) is 26.7 Å². The van der Waals surface area contributed by atoms with Crippen LogP contribution in [-0.2, 0) is 4.79 Å². The highest BCUT2D eigenvalue weighted by Gasteiger charge is 2.56. The fraction of sp³-hybridized carbons (Fsp3) is 0.900. The summed E-state index contributed by atoms with van der Waals surface area (Å²) in [5.41, 5.74) is 1.52. The van der Waals surface area contributed by atoms with Gasteiger partial charge < -0.3 is 10.6 Å². The molecule has 3 nitrogen and oxygen atoms in total. The smallest absolute Gasteiger partial charge is 0.332 e. The van der Waals surface area contributed by atoms with Gasteiger partial charge in [-0.1, -0.05) is 13.3 Å². The molecule has 2 N–H and O–H groups in total. The number of halogens is 6. The summed E-state index contributed by atoms with van der Waals surface area (Å²) >= 11 is 0. The van der Waals surface area contributed by atoms with E-state index in [4.69, 9.17) is 5.73 Å². The highest BCUT2D eigenvalue weighted by molar-refractivity contribution is 5.86. The van der Waals surface area contributed by atoms with Gasteiger partial charge in [0.05, 0.1) is 0 Å². The lowest BCUT2D eigenvalue weighted by molar-refractivity contribution is -0.201. The van der Waals surface area contributed by atoms with E-state index in [0.717, 1.165) is 0 Å².